The van der Waals surface area contributed by atoms with Crippen molar-refractivity contribution in [3.8, 4) is 0 Å². The normalized spacial score (nSPS) is 12.3. The van der Waals surface area contributed by atoms with Crippen molar-refractivity contribution < 1.29 is 28.6 Å². The summed E-state index contributed by atoms with van der Waals surface area (Å²) in [6.07, 6.45) is 83.3. The largest absolute Gasteiger partial charge is 0.462 e. The number of hydrogen-bond acceptors (Lipinski definition) is 6. The van der Waals surface area contributed by atoms with Crippen LogP contribution in [0.4, 0.5) is 0 Å². The van der Waals surface area contributed by atoms with Crippen LogP contribution in [0.1, 0.15) is 367 Å². The number of ether oxygens (including phenoxy) is 3. The lowest BCUT2D eigenvalue weighted by atomic mass is 10.0. The van der Waals surface area contributed by atoms with Crippen molar-refractivity contribution in [2.45, 2.75) is 374 Å². The van der Waals surface area contributed by atoms with Crippen LogP contribution in [-0.2, 0) is 28.6 Å². The summed E-state index contributed by atoms with van der Waals surface area (Å²) in [6, 6.07) is 0. The molecule has 6 nitrogen and oxygen atoms in total. The van der Waals surface area contributed by atoms with Crippen molar-refractivity contribution in [2.24, 2.45) is 0 Å². The molecule has 0 rings (SSSR count). The second-order valence-corrected chi connectivity index (χ2v) is 23.1. The minimum absolute atomic E-state index is 0.0695. The molecule has 1 atom stereocenters. The Morgan fingerprint density at radius 3 is 0.714 bits per heavy atom. The van der Waals surface area contributed by atoms with E-state index < -0.39 is 6.10 Å². The van der Waals surface area contributed by atoms with Gasteiger partial charge in [0.15, 0.2) is 6.10 Å². The van der Waals surface area contributed by atoms with Gasteiger partial charge in [-0.1, -0.05) is 313 Å². The highest BCUT2D eigenvalue weighted by molar-refractivity contribution is 5.71. The average Bonchev–Trinajstić information content (AvgIpc) is 3.43. The quantitative estimate of drug-likeness (QED) is 0.0261. The van der Waals surface area contributed by atoms with Crippen molar-refractivity contribution in [3.63, 3.8) is 0 Å². The molecule has 450 valence electrons. The average molecular weight is 1080 g/mol. The van der Waals surface area contributed by atoms with Crippen molar-refractivity contribution >= 4 is 17.9 Å². The van der Waals surface area contributed by atoms with Gasteiger partial charge in [-0.2, -0.15) is 0 Å². The molecule has 0 aromatic carbocycles. The molecular weight excluding hydrogens is 949 g/mol. The highest BCUT2D eigenvalue weighted by atomic mass is 16.6. The van der Waals surface area contributed by atoms with Gasteiger partial charge in [0, 0.05) is 19.3 Å². The van der Waals surface area contributed by atoms with Crippen LogP contribution in [0.5, 0.6) is 0 Å². The van der Waals surface area contributed by atoms with E-state index in [2.05, 4.69) is 69.4 Å². The fraction of sp³-hybridized carbons (Fsp3) is 0.845. The number of carbonyl (C=O) groups is 3. The maximum Gasteiger partial charge on any atom is 0.306 e. The van der Waals surface area contributed by atoms with Gasteiger partial charge in [0.1, 0.15) is 13.2 Å². The number of rotatable bonds is 63. The molecule has 0 spiro atoms. The highest BCUT2D eigenvalue weighted by Crippen LogP contribution is 2.18. The Labute approximate surface area is 479 Å². The zero-order chi connectivity index (χ0) is 55.7. The van der Waals surface area contributed by atoms with Crippen LogP contribution in [0.2, 0.25) is 0 Å². The zero-order valence-electron chi connectivity index (χ0n) is 51.7. The molecule has 0 N–H and O–H groups in total. The molecule has 0 aliphatic rings. The third-order valence-corrected chi connectivity index (χ3v) is 15.3. The summed E-state index contributed by atoms with van der Waals surface area (Å²) < 4.78 is 16.8. The van der Waals surface area contributed by atoms with E-state index in [-0.39, 0.29) is 31.1 Å². The molecule has 0 fully saturated rings. The van der Waals surface area contributed by atoms with Gasteiger partial charge in [0.2, 0.25) is 0 Å². The van der Waals surface area contributed by atoms with Crippen molar-refractivity contribution in [3.05, 3.63) is 48.6 Å². The van der Waals surface area contributed by atoms with Gasteiger partial charge in [-0.15, -0.1) is 0 Å². The highest BCUT2D eigenvalue weighted by Gasteiger charge is 2.19. The molecule has 0 radical (unpaired) electrons. The molecule has 0 bridgehead atoms. The van der Waals surface area contributed by atoms with Gasteiger partial charge in [-0.3, -0.25) is 14.4 Å². The number of hydrogen-bond donors (Lipinski definition) is 0. The second-order valence-electron chi connectivity index (χ2n) is 23.1. The molecular formula is C71H130O6. The standard InChI is InChI=1S/C71H130O6/c1-4-7-10-13-15-17-19-21-23-25-27-29-31-33-35-37-39-41-43-45-47-49-51-53-55-58-61-64-70(73)76-67-68(66-75-69(72)63-60-57-12-9-6-3)77-71(74)65-62-59-56-54-52-50-48-46-44-42-40-38-36-34-32-30-28-26-24-22-20-18-16-14-11-8-5-2/h19-22,25-28,68H,4-18,23-24,29-67H2,1-3H3/b21-19-,22-20-,27-25-,28-26-. The molecule has 0 aliphatic heterocycles. The number of unbranched alkanes of at least 4 members (excludes halogenated alkanes) is 44. The summed E-state index contributed by atoms with van der Waals surface area (Å²) in [5.41, 5.74) is 0. The first-order valence-corrected chi connectivity index (χ1v) is 34.1. The van der Waals surface area contributed by atoms with E-state index in [1.807, 2.05) is 0 Å². The molecule has 1 unspecified atom stereocenters. The Morgan fingerprint density at radius 2 is 0.468 bits per heavy atom. The maximum atomic E-state index is 12.9. The summed E-state index contributed by atoms with van der Waals surface area (Å²) in [5.74, 6) is -0.863. The Bertz CT molecular complexity index is 1330. The lowest BCUT2D eigenvalue weighted by Crippen LogP contribution is -2.30. The monoisotopic (exact) mass is 1080 g/mol. The summed E-state index contributed by atoms with van der Waals surface area (Å²) in [7, 11) is 0. The molecule has 6 heteroatoms. The predicted molar refractivity (Wildman–Crippen MR) is 335 cm³/mol. The number of esters is 3. The predicted octanol–water partition coefficient (Wildman–Crippen LogP) is 23.3. The minimum atomic E-state index is -0.768. The van der Waals surface area contributed by atoms with Crippen LogP contribution in [0, 0.1) is 0 Å². The van der Waals surface area contributed by atoms with Crippen LogP contribution in [0.3, 0.4) is 0 Å². The summed E-state index contributed by atoms with van der Waals surface area (Å²) >= 11 is 0. The SMILES string of the molecule is CCCCCCC/C=C\C/C=C\CCCCCCCCCCCCCCCCCC(=O)OCC(COC(=O)CCCCCCC)OC(=O)CCCCCCCCCCCCCCCCC/C=C\C/C=C\CCCCCCC. The van der Waals surface area contributed by atoms with Crippen LogP contribution >= 0.6 is 0 Å². The summed E-state index contributed by atoms with van der Waals surface area (Å²) in [4.78, 5) is 38.0. The van der Waals surface area contributed by atoms with E-state index in [4.69, 9.17) is 14.2 Å². The Kier molecular flexibility index (Phi) is 63.6. The number of carbonyl (C=O) groups excluding carboxylic acids is 3. The third-order valence-electron chi connectivity index (χ3n) is 15.3. The molecule has 0 saturated heterocycles. The van der Waals surface area contributed by atoms with Crippen molar-refractivity contribution in [1.29, 1.82) is 0 Å². The molecule has 0 aromatic rings. The first kappa shape index (κ1) is 74.4. The summed E-state index contributed by atoms with van der Waals surface area (Å²) in [6.45, 7) is 6.59. The van der Waals surface area contributed by atoms with Gasteiger partial charge >= 0.3 is 17.9 Å². The van der Waals surface area contributed by atoms with E-state index in [1.165, 1.54) is 250 Å². The van der Waals surface area contributed by atoms with Gasteiger partial charge in [0.05, 0.1) is 0 Å². The first-order valence-electron chi connectivity index (χ1n) is 34.1. The number of allylic oxidation sites excluding steroid dienone is 8. The molecule has 77 heavy (non-hydrogen) atoms. The van der Waals surface area contributed by atoms with E-state index >= 15 is 0 Å². The van der Waals surface area contributed by atoms with Crippen LogP contribution in [0.25, 0.3) is 0 Å². The molecule has 0 amide bonds. The third kappa shape index (κ3) is 64.1. The van der Waals surface area contributed by atoms with Crippen LogP contribution in [0.15, 0.2) is 48.6 Å². The van der Waals surface area contributed by atoms with Crippen LogP contribution in [-0.4, -0.2) is 37.2 Å². The van der Waals surface area contributed by atoms with E-state index in [1.54, 1.807) is 0 Å². The molecule has 0 aliphatic carbocycles. The van der Waals surface area contributed by atoms with Gasteiger partial charge < -0.3 is 14.2 Å². The summed E-state index contributed by atoms with van der Waals surface area (Å²) in [5, 5.41) is 0. The van der Waals surface area contributed by atoms with Gasteiger partial charge in [0.25, 0.3) is 0 Å². The van der Waals surface area contributed by atoms with Crippen molar-refractivity contribution in [2.75, 3.05) is 13.2 Å². The topological polar surface area (TPSA) is 78.9 Å². The van der Waals surface area contributed by atoms with Crippen LogP contribution < -0.4 is 0 Å². The second kappa shape index (κ2) is 65.9. The van der Waals surface area contributed by atoms with E-state index in [0.29, 0.717) is 19.3 Å². The smallest absolute Gasteiger partial charge is 0.306 e. The lowest BCUT2D eigenvalue weighted by molar-refractivity contribution is -0.167. The molecule has 0 aromatic heterocycles. The zero-order valence-corrected chi connectivity index (χ0v) is 51.7. The minimum Gasteiger partial charge on any atom is -0.462 e. The maximum absolute atomic E-state index is 12.9. The Hall–Kier alpha value is -2.63. The Morgan fingerprint density at radius 1 is 0.260 bits per heavy atom. The van der Waals surface area contributed by atoms with E-state index in [9.17, 15) is 14.4 Å². The molecule has 0 heterocycles. The fourth-order valence-electron chi connectivity index (χ4n) is 10.2. The van der Waals surface area contributed by atoms with E-state index in [0.717, 1.165) is 77.0 Å². The van der Waals surface area contributed by atoms with Crippen molar-refractivity contribution in [1.82, 2.24) is 0 Å². The fourth-order valence-corrected chi connectivity index (χ4v) is 10.2. The van der Waals surface area contributed by atoms with Gasteiger partial charge in [-0.05, 0) is 83.5 Å². The first-order chi connectivity index (χ1) is 38.0. The lowest BCUT2D eigenvalue weighted by Gasteiger charge is -2.18. The Balaban J connectivity index is 3.96. The van der Waals surface area contributed by atoms with Gasteiger partial charge in [-0.25, -0.2) is 0 Å². The molecule has 0 saturated carbocycles.